The Kier molecular flexibility index (Phi) is 7.18. The Bertz CT molecular complexity index is 657. The van der Waals surface area contributed by atoms with Crippen molar-refractivity contribution in [2.75, 3.05) is 26.7 Å². The second kappa shape index (κ2) is 9.17. The fraction of sp³-hybridized carbons (Fsp3) is 0.650. The number of piperidine rings is 1. The third kappa shape index (κ3) is 6.20. The lowest BCUT2D eigenvalue weighted by Crippen LogP contribution is -2.51. The number of ether oxygens (including phenoxy) is 2. The SMILES string of the molecule is COc1ccc(N=O)c(CCNC2CCN(C(=O)OC(C)(C)C)CC2C)c1. The van der Waals surface area contributed by atoms with Gasteiger partial charge in [-0.2, -0.15) is 0 Å². The quantitative estimate of drug-likeness (QED) is 0.761. The van der Waals surface area contributed by atoms with Crippen LogP contribution in [-0.4, -0.2) is 49.4 Å². The van der Waals surface area contributed by atoms with Crippen molar-refractivity contribution in [2.45, 2.75) is 52.2 Å². The number of likely N-dealkylation sites (tertiary alicyclic amines) is 1. The van der Waals surface area contributed by atoms with Gasteiger partial charge in [-0.05, 0) is 75.0 Å². The van der Waals surface area contributed by atoms with E-state index in [4.69, 9.17) is 9.47 Å². The lowest BCUT2D eigenvalue weighted by molar-refractivity contribution is 0.0144. The topological polar surface area (TPSA) is 80.2 Å². The highest BCUT2D eigenvalue weighted by molar-refractivity contribution is 5.68. The molecule has 1 saturated heterocycles. The van der Waals surface area contributed by atoms with Crippen LogP contribution in [0.3, 0.4) is 0 Å². The molecule has 1 amide bonds. The van der Waals surface area contributed by atoms with Gasteiger partial charge in [-0.15, -0.1) is 4.91 Å². The fourth-order valence-electron chi connectivity index (χ4n) is 3.31. The Morgan fingerprint density at radius 2 is 2.11 bits per heavy atom. The maximum atomic E-state index is 12.2. The van der Waals surface area contributed by atoms with Crippen molar-refractivity contribution < 1.29 is 14.3 Å². The zero-order valence-electron chi connectivity index (χ0n) is 16.9. The molecule has 1 N–H and O–H groups in total. The van der Waals surface area contributed by atoms with E-state index in [1.54, 1.807) is 24.1 Å². The standard InChI is InChI=1S/C20H31N3O4/c1-14-13-23(19(24)27-20(2,3)4)11-9-17(14)21-10-8-15-12-16(26-5)6-7-18(15)22-25/h6-7,12,14,17,21H,8-11,13H2,1-5H3. The molecule has 0 saturated carbocycles. The van der Waals surface area contributed by atoms with Gasteiger partial charge in [0.2, 0.25) is 0 Å². The Morgan fingerprint density at radius 1 is 1.37 bits per heavy atom. The average molecular weight is 377 g/mol. The van der Waals surface area contributed by atoms with Gasteiger partial charge in [0, 0.05) is 19.1 Å². The van der Waals surface area contributed by atoms with Gasteiger partial charge in [-0.1, -0.05) is 6.92 Å². The van der Waals surface area contributed by atoms with E-state index in [1.165, 1.54) is 0 Å². The molecule has 1 aromatic carbocycles. The van der Waals surface area contributed by atoms with Crippen LogP contribution in [0.1, 0.15) is 39.7 Å². The van der Waals surface area contributed by atoms with Gasteiger partial charge in [0.25, 0.3) is 0 Å². The molecule has 1 aliphatic heterocycles. The van der Waals surface area contributed by atoms with Gasteiger partial charge in [0.15, 0.2) is 0 Å². The highest BCUT2D eigenvalue weighted by Gasteiger charge is 2.30. The summed E-state index contributed by atoms with van der Waals surface area (Å²) in [6.45, 7) is 9.86. The minimum Gasteiger partial charge on any atom is -0.497 e. The second-order valence-corrected chi connectivity index (χ2v) is 8.09. The van der Waals surface area contributed by atoms with Crippen LogP contribution >= 0.6 is 0 Å². The van der Waals surface area contributed by atoms with Crippen LogP contribution in [0.25, 0.3) is 0 Å². The molecule has 27 heavy (non-hydrogen) atoms. The lowest BCUT2D eigenvalue weighted by atomic mass is 9.94. The number of carbonyl (C=O) groups excluding carboxylic acids is 1. The molecule has 1 aromatic rings. The minimum atomic E-state index is -0.476. The smallest absolute Gasteiger partial charge is 0.410 e. The largest absolute Gasteiger partial charge is 0.497 e. The summed E-state index contributed by atoms with van der Waals surface area (Å²) in [5, 5.41) is 6.65. The van der Waals surface area contributed by atoms with E-state index in [1.807, 2.05) is 26.8 Å². The molecule has 2 unspecified atom stereocenters. The molecule has 2 atom stereocenters. The molecule has 7 heteroatoms. The van der Waals surface area contributed by atoms with Crippen LogP contribution in [0.2, 0.25) is 0 Å². The van der Waals surface area contributed by atoms with Crippen LogP contribution in [-0.2, 0) is 11.2 Å². The number of rotatable bonds is 6. The number of methoxy groups -OCH3 is 1. The maximum Gasteiger partial charge on any atom is 0.410 e. The Morgan fingerprint density at radius 3 is 2.70 bits per heavy atom. The number of nitroso groups, excluding NO2 is 1. The van der Waals surface area contributed by atoms with Crippen molar-refractivity contribution in [1.82, 2.24) is 10.2 Å². The Balaban J connectivity index is 1.84. The highest BCUT2D eigenvalue weighted by Crippen LogP contribution is 2.25. The summed E-state index contributed by atoms with van der Waals surface area (Å²) < 4.78 is 10.7. The van der Waals surface area contributed by atoms with Gasteiger partial charge in [0.1, 0.15) is 17.0 Å². The van der Waals surface area contributed by atoms with Crippen LogP contribution in [0.4, 0.5) is 10.5 Å². The van der Waals surface area contributed by atoms with Crippen LogP contribution in [0, 0.1) is 10.8 Å². The molecule has 0 spiro atoms. The zero-order valence-corrected chi connectivity index (χ0v) is 16.9. The first-order valence-electron chi connectivity index (χ1n) is 9.45. The fourth-order valence-corrected chi connectivity index (χ4v) is 3.31. The van der Waals surface area contributed by atoms with Crippen molar-refractivity contribution in [3.63, 3.8) is 0 Å². The molecule has 1 aliphatic rings. The van der Waals surface area contributed by atoms with E-state index >= 15 is 0 Å². The molecule has 7 nitrogen and oxygen atoms in total. The Labute approximate surface area is 161 Å². The van der Waals surface area contributed by atoms with Gasteiger partial charge in [0.05, 0.1) is 7.11 Å². The van der Waals surface area contributed by atoms with Gasteiger partial charge >= 0.3 is 6.09 Å². The van der Waals surface area contributed by atoms with E-state index in [0.717, 1.165) is 24.3 Å². The van der Waals surface area contributed by atoms with Gasteiger partial charge in [-0.25, -0.2) is 4.79 Å². The number of nitrogens with zero attached hydrogens (tertiary/aromatic N) is 2. The van der Waals surface area contributed by atoms with Crippen LogP contribution in [0.15, 0.2) is 23.4 Å². The normalized spacial score (nSPS) is 20.3. The zero-order chi connectivity index (χ0) is 20.0. The molecule has 150 valence electrons. The maximum absolute atomic E-state index is 12.2. The van der Waals surface area contributed by atoms with E-state index in [-0.39, 0.29) is 6.09 Å². The molecule has 0 bridgehead atoms. The van der Waals surface area contributed by atoms with E-state index in [9.17, 15) is 9.70 Å². The number of carbonyl (C=O) groups is 1. The van der Waals surface area contributed by atoms with Crippen LogP contribution < -0.4 is 10.1 Å². The number of hydrogen-bond acceptors (Lipinski definition) is 6. The summed E-state index contributed by atoms with van der Waals surface area (Å²) >= 11 is 0. The van der Waals surface area contributed by atoms with Crippen LogP contribution in [0.5, 0.6) is 5.75 Å². The number of benzene rings is 1. The second-order valence-electron chi connectivity index (χ2n) is 8.09. The first kappa shape index (κ1) is 21.2. The van der Waals surface area contributed by atoms with Crippen molar-refractivity contribution in [3.05, 3.63) is 28.7 Å². The third-order valence-corrected chi connectivity index (χ3v) is 4.74. The molecular weight excluding hydrogens is 346 g/mol. The van der Waals surface area contributed by atoms with Crippen molar-refractivity contribution in [1.29, 1.82) is 0 Å². The first-order valence-corrected chi connectivity index (χ1v) is 9.45. The predicted molar refractivity (Wildman–Crippen MR) is 106 cm³/mol. The molecule has 0 radical (unpaired) electrons. The minimum absolute atomic E-state index is 0.245. The van der Waals surface area contributed by atoms with Crippen molar-refractivity contribution in [2.24, 2.45) is 11.1 Å². The Hall–Kier alpha value is -2.15. The van der Waals surface area contributed by atoms with Crippen molar-refractivity contribution >= 4 is 11.8 Å². The monoisotopic (exact) mass is 377 g/mol. The summed E-state index contributed by atoms with van der Waals surface area (Å²) in [7, 11) is 1.60. The summed E-state index contributed by atoms with van der Waals surface area (Å²) in [5.74, 6) is 1.04. The number of hydrogen-bond donors (Lipinski definition) is 1. The summed E-state index contributed by atoms with van der Waals surface area (Å²) in [6, 6.07) is 5.60. The van der Waals surface area contributed by atoms with E-state index in [2.05, 4.69) is 17.4 Å². The average Bonchev–Trinajstić information content (AvgIpc) is 2.61. The molecule has 0 aliphatic carbocycles. The lowest BCUT2D eigenvalue weighted by Gasteiger charge is -2.38. The summed E-state index contributed by atoms with van der Waals surface area (Å²) in [6.07, 6.45) is 1.32. The molecule has 0 aromatic heterocycles. The predicted octanol–water partition coefficient (Wildman–Crippen LogP) is 3.87. The highest BCUT2D eigenvalue weighted by atomic mass is 16.6. The summed E-state index contributed by atoms with van der Waals surface area (Å²) in [4.78, 5) is 25.0. The van der Waals surface area contributed by atoms with E-state index < -0.39 is 5.60 Å². The van der Waals surface area contributed by atoms with E-state index in [0.29, 0.717) is 37.2 Å². The number of nitrogens with one attached hydrogen (secondary N) is 1. The molecular formula is C20H31N3O4. The third-order valence-electron chi connectivity index (χ3n) is 4.74. The van der Waals surface area contributed by atoms with Crippen molar-refractivity contribution in [3.8, 4) is 5.75 Å². The molecule has 1 fully saturated rings. The van der Waals surface area contributed by atoms with Gasteiger partial charge < -0.3 is 19.7 Å². The first-order chi connectivity index (χ1) is 12.7. The molecule has 1 heterocycles. The molecule has 2 rings (SSSR count). The summed E-state index contributed by atoms with van der Waals surface area (Å²) in [5.41, 5.74) is 0.845. The number of amides is 1. The van der Waals surface area contributed by atoms with Gasteiger partial charge in [-0.3, -0.25) is 0 Å².